The van der Waals surface area contributed by atoms with Gasteiger partial charge in [-0.1, -0.05) is 6.07 Å². The summed E-state index contributed by atoms with van der Waals surface area (Å²) in [5, 5.41) is 10.9. The Bertz CT molecular complexity index is 1100. The second-order valence-corrected chi connectivity index (χ2v) is 8.63. The van der Waals surface area contributed by atoms with Gasteiger partial charge in [0.05, 0.1) is 0 Å². The molecule has 4 heterocycles. The molecular weight excluding hydrogens is 421 g/mol. The van der Waals surface area contributed by atoms with E-state index in [-0.39, 0.29) is 23.6 Å². The molecule has 5 rings (SSSR count). The first-order chi connectivity index (χ1) is 15.4. The molecule has 1 saturated carbocycles. The number of nitrogens with one attached hydrogen (secondary N) is 2. The van der Waals surface area contributed by atoms with E-state index in [9.17, 15) is 18.0 Å². The zero-order chi connectivity index (χ0) is 22.3. The van der Waals surface area contributed by atoms with Crippen LogP contribution in [0, 0.1) is 0 Å². The van der Waals surface area contributed by atoms with Crippen molar-refractivity contribution in [3.8, 4) is 0 Å². The summed E-state index contributed by atoms with van der Waals surface area (Å²) in [7, 11) is 0. The van der Waals surface area contributed by atoms with Crippen LogP contribution in [0.3, 0.4) is 0 Å². The number of carbonyl (C=O) groups is 1. The van der Waals surface area contributed by atoms with Crippen molar-refractivity contribution in [1.29, 1.82) is 0 Å². The van der Waals surface area contributed by atoms with Gasteiger partial charge in [-0.15, -0.1) is 0 Å². The number of imidazole rings is 1. The van der Waals surface area contributed by atoms with Crippen molar-refractivity contribution < 1.29 is 18.0 Å². The molecular formula is C22H25F3N6O. The first-order valence-electron chi connectivity index (χ1n) is 11.1. The Kier molecular flexibility index (Phi) is 5.30. The number of hydrogen-bond donors (Lipinski definition) is 2. The number of aromatic nitrogens is 4. The molecule has 0 atom stereocenters. The first kappa shape index (κ1) is 20.8. The molecule has 0 radical (unpaired) electrons. The molecule has 0 unspecified atom stereocenters. The number of pyridine rings is 1. The maximum Gasteiger partial charge on any atom is 0.434 e. The minimum Gasteiger partial charge on any atom is -0.368 e. The summed E-state index contributed by atoms with van der Waals surface area (Å²) in [6, 6.07) is 7.08. The summed E-state index contributed by atoms with van der Waals surface area (Å²) >= 11 is 0. The summed E-state index contributed by atoms with van der Waals surface area (Å²) in [5.74, 6) is 0.452. The molecule has 1 aliphatic heterocycles. The topological polar surface area (TPSA) is 76.2 Å². The van der Waals surface area contributed by atoms with Gasteiger partial charge in [-0.2, -0.15) is 18.3 Å². The lowest BCUT2D eigenvalue weighted by molar-refractivity contribution is -0.140. The van der Waals surface area contributed by atoms with Crippen molar-refractivity contribution in [1.82, 2.24) is 24.5 Å². The van der Waals surface area contributed by atoms with Gasteiger partial charge in [-0.25, -0.2) is 4.98 Å². The van der Waals surface area contributed by atoms with E-state index in [1.165, 1.54) is 4.40 Å². The van der Waals surface area contributed by atoms with Crippen molar-refractivity contribution in [2.24, 2.45) is 0 Å². The second kappa shape index (κ2) is 8.14. The SMILES string of the molecule is O=C(N[C@H]1CC[C@@H](Nc2cccc3nc(C(F)(F)F)cn23)CC1)c1cc2n(n1)CCCC2. The lowest BCUT2D eigenvalue weighted by atomic mass is 9.91. The van der Waals surface area contributed by atoms with E-state index in [0.29, 0.717) is 11.5 Å². The van der Waals surface area contributed by atoms with Gasteiger partial charge in [-0.3, -0.25) is 13.9 Å². The van der Waals surface area contributed by atoms with Crippen LogP contribution in [0.5, 0.6) is 0 Å². The summed E-state index contributed by atoms with van der Waals surface area (Å²) in [6.45, 7) is 0.869. The van der Waals surface area contributed by atoms with Crippen LogP contribution < -0.4 is 10.6 Å². The van der Waals surface area contributed by atoms with Gasteiger partial charge in [-0.05, 0) is 63.1 Å². The van der Waals surface area contributed by atoms with Gasteiger partial charge in [0.25, 0.3) is 5.91 Å². The number of rotatable bonds is 4. The quantitative estimate of drug-likeness (QED) is 0.634. The highest BCUT2D eigenvalue weighted by molar-refractivity contribution is 5.92. The third-order valence-electron chi connectivity index (χ3n) is 6.35. The highest BCUT2D eigenvalue weighted by Gasteiger charge is 2.34. The van der Waals surface area contributed by atoms with Crippen molar-refractivity contribution in [2.75, 3.05) is 5.32 Å². The van der Waals surface area contributed by atoms with Gasteiger partial charge < -0.3 is 10.6 Å². The fourth-order valence-corrected chi connectivity index (χ4v) is 4.64. The van der Waals surface area contributed by atoms with Crippen LogP contribution in [-0.4, -0.2) is 37.2 Å². The Morgan fingerprint density at radius 1 is 1.09 bits per heavy atom. The average molecular weight is 446 g/mol. The number of hydrogen-bond acceptors (Lipinski definition) is 4. The Hall–Kier alpha value is -3.04. The second-order valence-electron chi connectivity index (χ2n) is 8.63. The Morgan fingerprint density at radius 2 is 1.88 bits per heavy atom. The average Bonchev–Trinajstić information content (AvgIpc) is 3.40. The Balaban J connectivity index is 1.19. The molecule has 1 aliphatic carbocycles. The molecule has 1 amide bonds. The van der Waals surface area contributed by atoms with Crippen molar-refractivity contribution in [2.45, 2.75) is 69.8 Å². The Labute approximate surface area is 183 Å². The predicted molar refractivity (Wildman–Crippen MR) is 112 cm³/mol. The van der Waals surface area contributed by atoms with Gasteiger partial charge in [0, 0.05) is 30.5 Å². The van der Waals surface area contributed by atoms with Gasteiger partial charge >= 0.3 is 6.18 Å². The maximum atomic E-state index is 13.0. The lowest BCUT2D eigenvalue weighted by Crippen LogP contribution is -2.40. The third kappa shape index (κ3) is 4.18. The number of halogens is 3. The van der Waals surface area contributed by atoms with Gasteiger partial charge in [0.15, 0.2) is 5.69 Å². The molecule has 0 saturated heterocycles. The minimum absolute atomic E-state index is 0.0696. The number of anilines is 1. The number of carbonyl (C=O) groups excluding carboxylic acids is 1. The molecule has 0 bridgehead atoms. The summed E-state index contributed by atoms with van der Waals surface area (Å²) in [4.78, 5) is 16.3. The fourth-order valence-electron chi connectivity index (χ4n) is 4.64. The highest BCUT2D eigenvalue weighted by Crippen LogP contribution is 2.30. The van der Waals surface area contributed by atoms with Crippen molar-refractivity contribution >= 4 is 17.4 Å². The zero-order valence-electron chi connectivity index (χ0n) is 17.5. The van der Waals surface area contributed by atoms with E-state index < -0.39 is 11.9 Å². The van der Waals surface area contributed by atoms with Crippen LogP contribution in [0.15, 0.2) is 30.5 Å². The van der Waals surface area contributed by atoms with Crippen LogP contribution in [0.25, 0.3) is 5.65 Å². The third-order valence-corrected chi connectivity index (χ3v) is 6.35. The number of alkyl halides is 3. The molecule has 2 aliphatic rings. The lowest BCUT2D eigenvalue weighted by Gasteiger charge is -2.30. The van der Waals surface area contributed by atoms with Crippen LogP contribution in [0.1, 0.15) is 60.4 Å². The van der Waals surface area contributed by atoms with E-state index >= 15 is 0 Å². The minimum atomic E-state index is -4.48. The van der Waals surface area contributed by atoms with Crippen LogP contribution >= 0.6 is 0 Å². The van der Waals surface area contributed by atoms with Crippen LogP contribution in [0.4, 0.5) is 19.0 Å². The molecule has 170 valence electrons. The predicted octanol–water partition coefficient (Wildman–Crippen LogP) is 4.04. The molecule has 7 nitrogen and oxygen atoms in total. The Morgan fingerprint density at radius 3 is 2.62 bits per heavy atom. The first-order valence-corrected chi connectivity index (χ1v) is 11.1. The molecule has 32 heavy (non-hydrogen) atoms. The van der Waals surface area contributed by atoms with Crippen molar-refractivity contribution in [3.05, 3.63) is 47.5 Å². The molecule has 0 aromatic carbocycles. The van der Waals surface area contributed by atoms with E-state index in [2.05, 4.69) is 20.7 Å². The molecule has 10 heteroatoms. The number of amides is 1. The van der Waals surface area contributed by atoms with E-state index in [1.54, 1.807) is 18.2 Å². The molecule has 0 spiro atoms. The summed E-state index contributed by atoms with van der Waals surface area (Å²) in [6.07, 6.45) is 2.94. The number of fused-ring (bicyclic) bond motifs is 2. The normalized spacial score (nSPS) is 21.3. The highest BCUT2D eigenvalue weighted by atomic mass is 19.4. The monoisotopic (exact) mass is 446 g/mol. The molecule has 3 aromatic rings. The van der Waals surface area contributed by atoms with Crippen LogP contribution in [-0.2, 0) is 19.1 Å². The largest absolute Gasteiger partial charge is 0.434 e. The number of nitrogens with zero attached hydrogens (tertiary/aromatic N) is 4. The maximum absolute atomic E-state index is 13.0. The smallest absolute Gasteiger partial charge is 0.368 e. The summed E-state index contributed by atoms with van der Waals surface area (Å²) in [5.41, 5.74) is 0.955. The van der Waals surface area contributed by atoms with E-state index in [0.717, 1.165) is 63.4 Å². The standard InChI is InChI=1S/C22H25F3N6O/c23-22(24,25)18-13-30-19(5-3-6-20(30)28-18)26-14-7-9-15(10-8-14)27-21(32)17-12-16-4-1-2-11-31(16)29-17/h3,5-6,12-15,26H,1-2,4,7-11H2,(H,27,32)/t14-,15+. The van der Waals surface area contributed by atoms with Gasteiger partial charge in [0.1, 0.15) is 17.2 Å². The molecule has 2 N–H and O–H groups in total. The molecule has 1 fully saturated rings. The fraction of sp³-hybridized carbons (Fsp3) is 0.500. The zero-order valence-corrected chi connectivity index (χ0v) is 17.5. The molecule has 3 aromatic heterocycles. The summed E-state index contributed by atoms with van der Waals surface area (Å²) < 4.78 is 42.4. The number of aryl methyl sites for hydroxylation is 2. The van der Waals surface area contributed by atoms with Crippen LogP contribution in [0.2, 0.25) is 0 Å². The van der Waals surface area contributed by atoms with Crippen molar-refractivity contribution in [3.63, 3.8) is 0 Å². The van der Waals surface area contributed by atoms with E-state index in [4.69, 9.17) is 0 Å². The van der Waals surface area contributed by atoms with E-state index in [1.807, 2.05) is 10.7 Å². The van der Waals surface area contributed by atoms with Gasteiger partial charge in [0.2, 0.25) is 0 Å².